The number of nitrogen functional groups attached to an aromatic ring is 1. The number of carbonyl (C=O) groups is 2. The minimum atomic E-state index is -0.497. The zero-order valence-corrected chi connectivity index (χ0v) is 15.4. The van der Waals surface area contributed by atoms with Crippen molar-refractivity contribution in [3.63, 3.8) is 0 Å². The maximum atomic E-state index is 12.2. The standard InChI is InChI=1S/C16H25N3O4S/c1-16(2,3)23-15(21)19-7-5-6-10(9-19)8-11-18-13(17)12(24-11)14(20)22-4/h10H,5-9,17H2,1-4H3. The van der Waals surface area contributed by atoms with Crippen LogP contribution in [0.2, 0.25) is 0 Å². The molecule has 0 aliphatic carbocycles. The van der Waals surface area contributed by atoms with Crippen molar-refractivity contribution >= 4 is 29.2 Å². The fourth-order valence-corrected chi connectivity index (χ4v) is 3.69. The van der Waals surface area contributed by atoms with Gasteiger partial charge < -0.3 is 20.1 Å². The molecule has 1 aliphatic rings. The highest BCUT2D eigenvalue weighted by Gasteiger charge is 2.28. The first-order valence-corrected chi connectivity index (χ1v) is 8.82. The van der Waals surface area contributed by atoms with Gasteiger partial charge in [-0.2, -0.15) is 0 Å². The van der Waals surface area contributed by atoms with E-state index in [0.717, 1.165) is 17.8 Å². The molecular weight excluding hydrogens is 330 g/mol. The summed E-state index contributed by atoms with van der Waals surface area (Å²) in [5.74, 6) is 0.0271. The summed E-state index contributed by atoms with van der Waals surface area (Å²) in [5, 5.41) is 0.795. The Hall–Kier alpha value is -1.83. The van der Waals surface area contributed by atoms with E-state index < -0.39 is 11.6 Å². The number of likely N-dealkylation sites (tertiary alicyclic amines) is 1. The number of rotatable bonds is 3. The molecule has 24 heavy (non-hydrogen) atoms. The molecule has 2 rings (SSSR count). The van der Waals surface area contributed by atoms with Crippen LogP contribution in [-0.2, 0) is 15.9 Å². The maximum Gasteiger partial charge on any atom is 0.410 e. The molecule has 7 nitrogen and oxygen atoms in total. The van der Waals surface area contributed by atoms with Crippen molar-refractivity contribution in [3.05, 3.63) is 9.88 Å². The molecule has 1 amide bonds. The Bertz CT molecular complexity index is 609. The number of ether oxygens (including phenoxy) is 2. The number of amides is 1. The van der Waals surface area contributed by atoms with Gasteiger partial charge in [-0.3, -0.25) is 0 Å². The SMILES string of the molecule is COC(=O)c1sc(CC2CCCN(C(=O)OC(C)(C)C)C2)nc1N. The molecule has 134 valence electrons. The lowest BCUT2D eigenvalue weighted by atomic mass is 9.95. The monoisotopic (exact) mass is 355 g/mol. The van der Waals surface area contributed by atoms with E-state index in [9.17, 15) is 9.59 Å². The fraction of sp³-hybridized carbons (Fsp3) is 0.688. The number of nitrogens with two attached hydrogens (primary N) is 1. The van der Waals surface area contributed by atoms with Crippen LogP contribution in [-0.4, -0.2) is 47.7 Å². The lowest BCUT2D eigenvalue weighted by Gasteiger charge is -2.33. The number of aromatic nitrogens is 1. The number of carbonyl (C=O) groups excluding carboxylic acids is 2. The van der Waals surface area contributed by atoms with Crippen LogP contribution in [0.15, 0.2) is 0 Å². The fourth-order valence-electron chi connectivity index (χ4n) is 2.68. The van der Waals surface area contributed by atoms with Gasteiger partial charge in [-0.05, 0) is 39.5 Å². The quantitative estimate of drug-likeness (QED) is 0.838. The van der Waals surface area contributed by atoms with Crippen molar-refractivity contribution in [1.82, 2.24) is 9.88 Å². The molecule has 2 N–H and O–H groups in total. The van der Waals surface area contributed by atoms with Gasteiger partial charge in [-0.1, -0.05) is 0 Å². The van der Waals surface area contributed by atoms with E-state index in [1.807, 2.05) is 20.8 Å². The van der Waals surface area contributed by atoms with Gasteiger partial charge >= 0.3 is 12.1 Å². The number of anilines is 1. The van der Waals surface area contributed by atoms with Crippen molar-refractivity contribution in [2.24, 2.45) is 5.92 Å². The average Bonchev–Trinajstić information content (AvgIpc) is 2.85. The first-order valence-electron chi connectivity index (χ1n) is 8.01. The molecule has 1 aromatic heterocycles. The lowest BCUT2D eigenvalue weighted by molar-refractivity contribution is 0.0166. The summed E-state index contributed by atoms with van der Waals surface area (Å²) < 4.78 is 10.1. The third-order valence-electron chi connectivity index (χ3n) is 3.70. The summed E-state index contributed by atoms with van der Waals surface area (Å²) in [6.45, 7) is 6.91. The zero-order valence-electron chi connectivity index (χ0n) is 14.6. The van der Waals surface area contributed by atoms with Gasteiger partial charge in [-0.15, -0.1) is 11.3 Å². The van der Waals surface area contributed by atoms with E-state index in [1.54, 1.807) is 4.90 Å². The highest BCUT2D eigenvalue weighted by molar-refractivity contribution is 7.14. The Morgan fingerprint density at radius 1 is 1.42 bits per heavy atom. The number of thiazole rings is 1. The first-order chi connectivity index (χ1) is 11.2. The second-order valence-corrected chi connectivity index (χ2v) is 8.04. The van der Waals surface area contributed by atoms with Gasteiger partial charge in [0.25, 0.3) is 0 Å². The van der Waals surface area contributed by atoms with Gasteiger partial charge in [0.2, 0.25) is 0 Å². The minimum absolute atomic E-state index is 0.210. The van der Waals surface area contributed by atoms with Gasteiger partial charge in [0, 0.05) is 19.5 Å². The van der Waals surface area contributed by atoms with E-state index in [2.05, 4.69) is 4.98 Å². The molecule has 1 aromatic rings. The lowest BCUT2D eigenvalue weighted by Crippen LogP contribution is -2.43. The predicted octanol–water partition coefficient (Wildman–Crippen LogP) is 2.70. The van der Waals surface area contributed by atoms with Gasteiger partial charge in [0.1, 0.15) is 11.4 Å². The molecule has 0 aromatic carbocycles. The summed E-state index contributed by atoms with van der Waals surface area (Å²) in [4.78, 5) is 30.2. The number of hydrogen-bond donors (Lipinski definition) is 1. The first kappa shape index (κ1) is 18.5. The van der Waals surface area contributed by atoms with Crippen LogP contribution < -0.4 is 5.73 Å². The Kier molecular flexibility index (Phi) is 5.69. The summed E-state index contributed by atoms with van der Waals surface area (Å²) >= 11 is 1.26. The minimum Gasteiger partial charge on any atom is -0.465 e. The molecule has 1 atom stereocenters. The zero-order chi connectivity index (χ0) is 17.9. The van der Waals surface area contributed by atoms with Crippen molar-refractivity contribution in [2.75, 3.05) is 25.9 Å². The molecule has 0 saturated carbocycles. The van der Waals surface area contributed by atoms with E-state index in [1.165, 1.54) is 18.4 Å². The highest BCUT2D eigenvalue weighted by atomic mass is 32.1. The van der Waals surface area contributed by atoms with Gasteiger partial charge in [0.05, 0.1) is 12.1 Å². The summed E-state index contributed by atoms with van der Waals surface area (Å²) in [7, 11) is 1.32. The summed E-state index contributed by atoms with van der Waals surface area (Å²) in [5.41, 5.74) is 5.29. The third kappa shape index (κ3) is 4.83. The van der Waals surface area contributed by atoms with Crippen LogP contribution in [0, 0.1) is 5.92 Å². The number of methoxy groups -OCH3 is 1. The van der Waals surface area contributed by atoms with Crippen LogP contribution in [0.25, 0.3) is 0 Å². The smallest absolute Gasteiger partial charge is 0.410 e. The van der Waals surface area contributed by atoms with Crippen LogP contribution in [0.5, 0.6) is 0 Å². The predicted molar refractivity (Wildman–Crippen MR) is 92.1 cm³/mol. The Morgan fingerprint density at radius 2 is 2.12 bits per heavy atom. The van der Waals surface area contributed by atoms with E-state index in [-0.39, 0.29) is 17.8 Å². The number of hydrogen-bond acceptors (Lipinski definition) is 7. The maximum absolute atomic E-state index is 12.2. The largest absolute Gasteiger partial charge is 0.465 e. The Balaban J connectivity index is 1.98. The van der Waals surface area contributed by atoms with E-state index in [4.69, 9.17) is 15.2 Å². The molecule has 2 heterocycles. The number of piperidine rings is 1. The molecule has 1 fully saturated rings. The van der Waals surface area contributed by atoms with Crippen LogP contribution in [0.1, 0.15) is 48.3 Å². The van der Waals surface area contributed by atoms with Crippen LogP contribution in [0.4, 0.5) is 10.6 Å². The Labute approximate surface area is 146 Å². The second kappa shape index (κ2) is 7.38. The highest BCUT2D eigenvalue weighted by Crippen LogP contribution is 2.27. The number of esters is 1. The van der Waals surface area contributed by atoms with Gasteiger partial charge in [0.15, 0.2) is 4.88 Å². The summed E-state index contributed by atoms with van der Waals surface area (Å²) in [6, 6.07) is 0. The molecular formula is C16H25N3O4S. The molecule has 1 unspecified atom stereocenters. The van der Waals surface area contributed by atoms with Crippen molar-refractivity contribution in [1.29, 1.82) is 0 Å². The molecule has 0 spiro atoms. The van der Waals surface area contributed by atoms with Crippen molar-refractivity contribution in [3.8, 4) is 0 Å². The molecule has 1 aliphatic heterocycles. The molecule has 8 heteroatoms. The van der Waals surface area contributed by atoms with E-state index >= 15 is 0 Å². The Morgan fingerprint density at radius 3 is 2.75 bits per heavy atom. The van der Waals surface area contributed by atoms with Crippen LogP contribution in [0.3, 0.4) is 0 Å². The van der Waals surface area contributed by atoms with E-state index in [0.29, 0.717) is 24.4 Å². The molecule has 1 saturated heterocycles. The van der Waals surface area contributed by atoms with Crippen LogP contribution >= 0.6 is 11.3 Å². The molecule has 0 radical (unpaired) electrons. The topological polar surface area (TPSA) is 94.8 Å². The second-order valence-electron chi connectivity index (χ2n) is 6.95. The third-order valence-corrected chi connectivity index (χ3v) is 4.78. The average molecular weight is 355 g/mol. The van der Waals surface area contributed by atoms with Crippen molar-refractivity contribution in [2.45, 2.75) is 45.6 Å². The van der Waals surface area contributed by atoms with Gasteiger partial charge in [-0.25, -0.2) is 14.6 Å². The summed E-state index contributed by atoms with van der Waals surface area (Å²) in [6.07, 6.45) is 2.34. The molecule has 0 bridgehead atoms. The normalized spacial score (nSPS) is 18.3. The van der Waals surface area contributed by atoms with Crippen molar-refractivity contribution < 1.29 is 19.1 Å². The number of nitrogens with zero attached hydrogens (tertiary/aromatic N) is 2.